The molecule has 86 valence electrons. The molecule has 0 saturated heterocycles. The molecule has 3 N–H and O–H groups in total. The Bertz CT molecular complexity index is 694. The van der Waals surface area contributed by atoms with Crippen LogP contribution < -0.4 is 5.73 Å². The number of fused-ring (bicyclic) bond motifs is 1. The lowest BCUT2D eigenvalue weighted by Gasteiger charge is -1.96. The van der Waals surface area contributed by atoms with E-state index in [9.17, 15) is 0 Å². The van der Waals surface area contributed by atoms with Gasteiger partial charge in [0.2, 0.25) is 0 Å². The van der Waals surface area contributed by atoms with E-state index in [0.29, 0.717) is 0 Å². The minimum Gasteiger partial charge on any atom is -0.391 e. The highest BCUT2D eigenvalue weighted by Gasteiger charge is 2.09. The Morgan fingerprint density at radius 2 is 2.06 bits per heavy atom. The Morgan fingerprint density at radius 1 is 1.24 bits per heavy atom. The standard InChI is InChI=1S/C13H13N3S/c1-7-5-8(2)12-9(6-7)15-13(16-12)10-3-4-11(14)17-10/h3-6H,14H2,1-2H3,(H,15,16). The summed E-state index contributed by atoms with van der Waals surface area (Å²) in [7, 11) is 0. The number of aryl methyl sites for hydroxylation is 2. The van der Waals surface area contributed by atoms with E-state index in [4.69, 9.17) is 5.73 Å². The van der Waals surface area contributed by atoms with E-state index in [2.05, 4.69) is 35.9 Å². The largest absolute Gasteiger partial charge is 0.391 e. The minimum absolute atomic E-state index is 0.813. The molecule has 0 unspecified atom stereocenters. The van der Waals surface area contributed by atoms with Gasteiger partial charge in [0.15, 0.2) is 0 Å². The van der Waals surface area contributed by atoms with Crippen LogP contribution >= 0.6 is 11.3 Å². The molecule has 2 heterocycles. The zero-order chi connectivity index (χ0) is 12.0. The number of rotatable bonds is 1. The van der Waals surface area contributed by atoms with Crippen molar-refractivity contribution >= 4 is 27.4 Å². The van der Waals surface area contributed by atoms with E-state index in [-0.39, 0.29) is 0 Å². The van der Waals surface area contributed by atoms with E-state index >= 15 is 0 Å². The molecule has 0 aliphatic rings. The van der Waals surface area contributed by atoms with Crippen molar-refractivity contribution in [1.29, 1.82) is 0 Å². The van der Waals surface area contributed by atoms with Crippen LogP contribution in [0.2, 0.25) is 0 Å². The summed E-state index contributed by atoms with van der Waals surface area (Å²) >= 11 is 1.55. The lowest BCUT2D eigenvalue weighted by Crippen LogP contribution is -1.79. The highest BCUT2D eigenvalue weighted by molar-refractivity contribution is 7.19. The first kappa shape index (κ1) is 10.4. The molecule has 3 nitrogen and oxygen atoms in total. The predicted octanol–water partition coefficient (Wildman–Crippen LogP) is 3.49. The Morgan fingerprint density at radius 3 is 2.76 bits per heavy atom. The number of aromatic nitrogens is 2. The van der Waals surface area contributed by atoms with Crippen LogP contribution in [0.15, 0.2) is 24.3 Å². The number of benzene rings is 1. The quantitative estimate of drug-likeness (QED) is 0.687. The summed E-state index contributed by atoms with van der Waals surface area (Å²) in [5.74, 6) is 0.899. The molecule has 0 spiro atoms. The number of H-pyrrole nitrogens is 1. The number of hydrogen-bond acceptors (Lipinski definition) is 3. The summed E-state index contributed by atoms with van der Waals surface area (Å²) in [5.41, 5.74) is 10.3. The van der Waals surface area contributed by atoms with Gasteiger partial charge in [-0.1, -0.05) is 6.07 Å². The monoisotopic (exact) mass is 243 g/mol. The van der Waals surface area contributed by atoms with Gasteiger partial charge in [0, 0.05) is 0 Å². The zero-order valence-electron chi connectivity index (χ0n) is 9.74. The second kappa shape index (κ2) is 3.60. The summed E-state index contributed by atoms with van der Waals surface area (Å²) in [5, 5.41) is 0.813. The van der Waals surface area contributed by atoms with Crippen molar-refractivity contribution in [3.05, 3.63) is 35.4 Å². The summed E-state index contributed by atoms with van der Waals surface area (Å²) in [6.45, 7) is 4.18. The van der Waals surface area contributed by atoms with Gasteiger partial charge in [-0.25, -0.2) is 4.98 Å². The van der Waals surface area contributed by atoms with Crippen molar-refractivity contribution in [1.82, 2.24) is 9.97 Å². The Labute approximate surface area is 103 Å². The van der Waals surface area contributed by atoms with Gasteiger partial charge >= 0.3 is 0 Å². The van der Waals surface area contributed by atoms with Crippen LogP contribution in [0.5, 0.6) is 0 Å². The fourth-order valence-electron chi connectivity index (χ4n) is 2.07. The third-order valence-electron chi connectivity index (χ3n) is 2.78. The van der Waals surface area contributed by atoms with Crippen molar-refractivity contribution in [2.75, 3.05) is 5.73 Å². The first-order chi connectivity index (χ1) is 8.13. The number of nitrogen functional groups attached to an aromatic ring is 1. The Kier molecular flexibility index (Phi) is 2.19. The molecule has 0 saturated carbocycles. The molecule has 0 aliphatic carbocycles. The second-order valence-electron chi connectivity index (χ2n) is 4.27. The fourth-order valence-corrected chi connectivity index (χ4v) is 2.79. The Hall–Kier alpha value is -1.81. The molecule has 4 heteroatoms. The summed E-state index contributed by atoms with van der Waals surface area (Å²) in [4.78, 5) is 9.07. The number of hydrogen-bond donors (Lipinski definition) is 2. The third kappa shape index (κ3) is 1.70. The molecule has 0 radical (unpaired) electrons. The smallest absolute Gasteiger partial charge is 0.148 e. The average Bonchev–Trinajstić information content (AvgIpc) is 2.83. The highest BCUT2D eigenvalue weighted by Crippen LogP contribution is 2.30. The number of nitrogens with zero attached hydrogens (tertiary/aromatic N) is 1. The average molecular weight is 243 g/mol. The topological polar surface area (TPSA) is 54.7 Å². The van der Waals surface area contributed by atoms with Gasteiger partial charge < -0.3 is 10.7 Å². The number of nitrogens with one attached hydrogen (secondary N) is 1. The number of imidazole rings is 1. The maximum atomic E-state index is 5.74. The van der Waals surface area contributed by atoms with Crippen LogP contribution in [-0.2, 0) is 0 Å². The van der Waals surface area contributed by atoms with Crippen molar-refractivity contribution in [2.24, 2.45) is 0 Å². The van der Waals surface area contributed by atoms with E-state index in [0.717, 1.165) is 26.7 Å². The molecule has 3 rings (SSSR count). The van der Waals surface area contributed by atoms with Crippen LogP contribution in [0.4, 0.5) is 5.00 Å². The molecular weight excluding hydrogens is 230 g/mol. The van der Waals surface area contributed by atoms with Crippen LogP contribution in [0.25, 0.3) is 21.7 Å². The van der Waals surface area contributed by atoms with Crippen molar-refractivity contribution in [2.45, 2.75) is 13.8 Å². The zero-order valence-corrected chi connectivity index (χ0v) is 10.6. The number of nitrogens with two attached hydrogens (primary N) is 1. The Balaban J connectivity index is 2.23. The van der Waals surface area contributed by atoms with Crippen molar-refractivity contribution < 1.29 is 0 Å². The fraction of sp³-hybridized carbons (Fsp3) is 0.154. The van der Waals surface area contributed by atoms with Gasteiger partial charge in [0.1, 0.15) is 5.82 Å². The van der Waals surface area contributed by atoms with Gasteiger partial charge in [-0.15, -0.1) is 11.3 Å². The predicted molar refractivity (Wildman–Crippen MR) is 73.3 cm³/mol. The number of anilines is 1. The molecule has 0 atom stereocenters. The molecule has 0 bridgehead atoms. The SMILES string of the molecule is Cc1cc(C)c2nc(-c3ccc(N)s3)[nH]c2c1. The van der Waals surface area contributed by atoms with E-state index < -0.39 is 0 Å². The first-order valence-corrected chi connectivity index (χ1v) is 6.28. The summed E-state index contributed by atoms with van der Waals surface area (Å²) in [6, 6.07) is 8.18. The molecule has 17 heavy (non-hydrogen) atoms. The van der Waals surface area contributed by atoms with Crippen LogP contribution in [0.3, 0.4) is 0 Å². The summed E-state index contributed by atoms with van der Waals surface area (Å²) in [6.07, 6.45) is 0. The highest BCUT2D eigenvalue weighted by atomic mass is 32.1. The molecule has 1 aromatic carbocycles. The minimum atomic E-state index is 0.813. The van der Waals surface area contributed by atoms with Crippen LogP contribution in [-0.4, -0.2) is 9.97 Å². The van der Waals surface area contributed by atoms with Gasteiger partial charge in [-0.3, -0.25) is 0 Å². The van der Waals surface area contributed by atoms with E-state index in [1.165, 1.54) is 11.1 Å². The lowest BCUT2D eigenvalue weighted by atomic mass is 10.1. The van der Waals surface area contributed by atoms with Crippen LogP contribution in [0, 0.1) is 13.8 Å². The molecule has 3 aromatic rings. The maximum absolute atomic E-state index is 5.74. The molecule has 0 aliphatic heterocycles. The van der Waals surface area contributed by atoms with E-state index in [1.807, 2.05) is 12.1 Å². The third-order valence-corrected chi connectivity index (χ3v) is 3.70. The number of thiophene rings is 1. The summed E-state index contributed by atoms with van der Waals surface area (Å²) < 4.78 is 0. The van der Waals surface area contributed by atoms with Gasteiger partial charge in [-0.05, 0) is 43.2 Å². The first-order valence-electron chi connectivity index (χ1n) is 5.46. The molecule has 2 aromatic heterocycles. The normalized spacial score (nSPS) is 11.2. The van der Waals surface area contributed by atoms with Crippen LogP contribution in [0.1, 0.15) is 11.1 Å². The maximum Gasteiger partial charge on any atom is 0.148 e. The van der Waals surface area contributed by atoms with Gasteiger partial charge in [-0.2, -0.15) is 0 Å². The lowest BCUT2D eigenvalue weighted by molar-refractivity contribution is 1.35. The molecule has 0 fully saturated rings. The molecule has 0 amide bonds. The second-order valence-corrected chi connectivity index (χ2v) is 5.38. The number of aromatic amines is 1. The van der Waals surface area contributed by atoms with Crippen molar-refractivity contribution in [3.8, 4) is 10.7 Å². The van der Waals surface area contributed by atoms with Gasteiger partial charge in [0.05, 0.1) is 20.9 Å². The van der Waals surface area contributed by atoms with Crippen molar-refractivity contribution in [3.63, 3.8) is 0 Å². The van der Waals surface area contributed by atoms with Gasteiger partial charge in [0.25, 0.3) is 0 Å². The molecular formula is C13H13N3S. The van der Waals surface area contributed by atoms with E-state index in [1.54, 1.807) is 11.3 Å².